The number of rotatable bonds is 5. The highest BCUT2D eigenvalue weighted by atomic mass is 15.3. The molecule has 5 heteroatoms. The summed E-state index contributed by atoms with van der Waals surface area (Å²) in [6.07, 6.45) is 6.48. The lowest BCUT2D eigenvalue weighted by atomic mass is 9.84. The molecule has 2 rings (SSSR count). The van der Waals surface area contributed by atoms with Gasteiger partial charge in [-0.2, -0.15) is 0 Å². The summed E-state index contributed by atoms with van der Waals surface area (Å²) >= 11 is 0. The third-order valence-electron chi connectivity index (χ3n) is 5.18. The highest BCUT2D eigenvalue weighted by Gasteiger charge is 2.39. The van der Waals surface area contributed by atoms with E-state index >= 15 is 0 Å². The second kappa shape index (κ2) is 8.16. The van der Waals surface area contributed by atoms with Crippen molar-refractivity contribution in [1.82, 2.24) is 15.1 Å². The highest BCUT2D eigenvalue weighted by molar-refractivity contribution is 5.77. The molecule has 128 valence electrons. The molecule has 3 N–H and O–H groups in total. The number of likely N-dealkylation sites (tertiary alicyclic amines) is 2. The predicted octanol–water partition coefficient (Wildman–Crippen LogP) is 1.50. The van der Waals surface area contributed by atoms with Crippen molar-refractivity contribution in [2.24, 2.45) is 16.6 Å². The van der Waals surface area contributed by atoms with Crippen LogP contribution >= 0.6 is 0 Å². The van der Waals surface area contributed by atoms with E-state index in [0.29, 0.717) is 11.9 Å². The van der Waals surface area contributed by atoms with Gasteiger partial charge in [-0.25, -0.2) is 0 Å². The van der Waals surface area contributed by atoms with E-state index in [1.807, 2.05) is 0 Å². The number of hydrogen-bond donors (Lipinski definition) is 2. The van der Waals surface area contributed by atoms with Gasteiger partial charge in [0.1, 0.15) is 0 Å². The predicted molar refractivity (Wildman–Crippen MR) is 94.2 cm³/mol. The second-order valence-corrected chi connectivity index (χ2v) is 7.55. The Kier molecular flexibility index (Phi) is 6.50. The van der Waals surface area contributed by atoms with Crippen molar-refractivity contribution in [2.75, 3.05) is 46.3 Å². The number of nitrogens with one attached hydrogen (secondary N) is 1. The van der Waals surface area contributed by atoms with Gasteiger partial charge in [0.2, 0.25) is 0 Å². The second-order valence-electron chi connectivity index (χ2n) is 7.55. The average molecular weight is 310 g/mol. The summed E-state index contributed by atoms with van der Waals surface area (Å²) in [5.41, 5.74) is 6.30. The molecule has 0 aliphatic carbocycles. The van der Waals surface area contributed by atoms with Gasteiger partial charge in [-0.15, -0.1) is 0 Å². The third-order valence-corrected chi connectivity index (χ3v) is 5.18. The van der Waals surface area contributed by atoms with E-state index in [2.05, 4.69) is 36.0 Å². The molecule has 2 fully saturated rings. The number of aliphatic imine (C=N–C) groups is 1. The van der Waals surface area contributed by atoms with Gasteiger partial charge >= 0.3 is 0 Å². The van der Waals surface area contributed by atoms with E-state index in [1.54, 1.807) is 0 Å². The lowest BCUT2D eigenvalue weighted by Gasteiger charge is -2.49. The number of hydrogen-bond acceptors (Lipinski definition) is 3. The van der Waals surface area contributed by atoms with Crippen LogP contribution in [0.2, 0.25) is 0 Å². The van der Waals surface area contributed by atoms with Gasteiger partial charge in [0.05, 0.1) is 6.54 Å². The molecule has 0 radical (unpaired) electrons. The fourth-order valence-corrected chi connectivity index (χ4v) is 3.57. The molecule has 0 aromatic heterocycles. The molecule has 2 aliphatic rings. The van der Waals surface area contributed by atoms with Gasteiger partial charge in [0, 0.05) is 12.1 Å². The Labute approximate surface area is 136 Å². The zero-order chi connectivity index (χ0) is 16.0. The van der Waals surface area contributed by atoms with E-state index < -0.39 is 0 Å². The Balaban J connectivity index is 1.99. The van der Waals surface area contributed by atoms with Gasteiger partial charge in [-0.1, -0.05) is 20.3 Å². The van der Waals surface area contributed by atoms with E-state index in [9.17, 15) is 0 Å². The quantitative estimate of drug-likeness (QED) is 0.597. The summed E-state index contributed by atoms with van der Waals surface area (Å²) < 4.78 is 0. The lowest BCUT2D eigenvalue weighted by Crippen LogP contribution is -2.58. The molecule has 22 heavy (non-hydrogen) atoms. The van der Waals surface area contributed by atoms with E-state index in [4.69, 9.17) is 10.7 Å². The zero-order valence-corrected chi connectivity index (χ0v) is 14.8. The molecule has 0 aromatic carbocycles. The number of piperidine rings is 2. The Morgan fingerprint density at radius 1 is 1.14 bits per heavy atom. The SMILES string of the molecule is CC(C)CNC(N)=NCC1(N2CCCCC2)CCN(C)CC1. The maximum atomic E-state index is 6.06. The van der Waals surface area contributed by atoms with Crippen LogP contribution in [0.4, 0.5) is 0 Å². The molecule has 2 heterocycles. The van der Waals surface area contributed by atoms with Crippen LogP contribution in [-0.4, -0.2) is 67.6 Å². The summed E-state index contributed by atoms with van der Waals surface area (Å²) in [7, 11) is 2.22. The number of nitrogens with two attached hydrogens (primary N) is 1. The molecule has 2 aliphatic heterocycles. The summed E-state index contributed by atoms with van der Waals surface area (Å²) in [6, 6.07) is 0. The molecule has 0 amide bonds. The molecule has 0 unspecified atom stereocenters. The summed E-state index contributed by atoms with van der Waals surface area (Å²) in [5, 5.41) is 3.25. The van der Waals surface area contributed by atoms with Crippen molar-refractivity contribution >= 4 is 5.96 Å². The van der Waals surface area contributed by atoms with Gasteiger partial charge in [-0.3, -0.25) is 9.89 Å². The maximum Gasteiger partial charge on any atom is 0.188 e. The first-order valence-corrected chi connectivity index (χ1v) is 8.99. The number of guanidine groups is 1. The van der Waals surface area contributed by atoms with Crippen LogP contribution < -0.4 is 11.1 Å². The highest BCUT2D eigenvalue weighted by Crippen LogP contribution is 2.31. The Hall–Kier alpha value is -0.810. The first-order chi connectivity index (χ1) is 10.5. The Morgan fingerprint density at radius 2 is 1.77 bits per heavy atom. The minimum Gasteiger partial charge on any atom is -0.370 e. The van der Waals surface area contributed by atoms with E-state index in [0.717, 1.165) is 13.1 Å². The van der Waals surface area contributed by atoms with Gasteiger partial charge in [0.25, 0.3) is 0 Å². The van der Waals surface area contributed by atoms with Crippen molar-refractivity contribution in [3.63, 3.8) is 0 Å². The lowest BCUT2D eigenvalue weighted by molar-refractivity contribution is 0.0208. The van der Waals surface area contributed by atoms with Crippen molar-refractivity contribution in [3.8, 4) is 0 Å². The topological polar surface area (TPSA) is 56.9 Å². The molecule has 0 saturated carbocycles. The van der Waals surface area contributed by atoms with Crippen LogP contribution in [0.1, 0.15) is 46.0 Å². The molecule has 0 bridgehead atoms. The largest absolute Gasteiger partial charge is 0.370 e. The van der Waals surface area contributed by atoms with Crippen LogP contribution in [0.3, 0.4) is 0 Å². The zero-order valence-electron chi connectivity index (χ0n) is 14.8. The molecular weight excluding hydrogens is 274 g/mol. The average Bonchev–Trinajstić information content (AvgIpc) is 2.53. The molecular formula is C17H35N5. The van der Waals surface area contributed by atoms with Crippen LogP contribution in [0, 0.1) is 5.92 Å². The van der Waals surface area contributed by atoms with Crippen molar-refractivity contribution in [1.29, 1.82) is 0 Å². The van der Waals surface area contributed by atoms with Gasteiger partial charge in [0.15, 0.2) is 5.96 Å². The first-order valence-electron chi connectivity index (χ1n) is 8.99. The van der Waals surface area contributed by atoms with Crippen LogP contribution in [0.15, 0.2) is 4.99 Å². The van der Waals surface area contributed by atoms with E-state index in [1.165, 1.54) is 58.3 Å². The monoisotopic (exact) mass is 309 g/mol. The summed E-state index contributed by atoms with van der Waals surface area (Å²) in [4.78, 5) is 9.86. The minimum atomic E-state index is 0.233. The Morgan fingerprint density at radius 3 is 2.36 bits per heavy atom. The standard InChI is InChI=1S/C17H35N5/c1-15(2)13-19-16(18)20-14-17(7-11-21(3)12-8-17)22-9-5-4-6-10-22/h15H,4-14H2,1-3H3,(H3,18,19,20). The van der Waals surface area contributed by atoms with Crippen molar-refractivity contribution in [3.05, 3.63) is 0 Å². The smallest absolute Gasteiger partial charge is 0.188 e. The molecule has 0 aromatic rings. The fraction of sp³-hybridized carbons (Fsp3) is 0.941. The third kappa shape index (κ3) is 4.85. The van der Waals surface area contributed by atoms with Gasteiger partial charge in [-0.05, 0) is 64.8 Å². The normalized spacial score (nSPS) is 24.6. The van der Waals surface area contributed by atoms with Crippen molar-refractivity contribution < 1.29 is 0 Å². The fourth-order valence-electron chi connectivity index (χ4n) is 3.57. The van der Waals surface area contributed by atoms with Gasteiger partial charge < -0.3 is 16.0 Å². The van der Waals surface area contributed by atoms with E-state index in [-0.39, 0.29) is 5.54 Å². The molecule has 2 saturated heterocycles. The summed E-state index contributed by atoms with van der Waals surface area (Å²) in [6.45, 7) is 10.9. The molecule has 0 spiro atoms. The minimum absolute atomic E-state index is 0.233. The maximum absolute atomic E-state index is 6.06. The van der Waals surface area contributed by atoms with Crippen molar-refractivity contribution in [2.45, 2.75) is 51.5 Å². The molecule has 0 atom stereocenters. The van der Waals surface area contributed by atoms with Crippen LogP contribution in [0.5, 0.6) is 0 Å². The molecule has 5 nitrogen and oxygen atoms in total. The summed E-state index contributed by atoms with van der Waals surface area (Å²) in [5.74, 6) is 1.21. The van der Waals surface area contributed by atoms with Crippen LogP contribution in [-0.2, 0) is 0 Å². The first kappa shape index (κ1) is 17.5. The number of nitrogens with zero attached hydrogens (tertiary/aromatic N) is 3. The Bertz CT molecular complexity index is 352. The van der Waals surface area contributed by atoms with Crippen LogP contribution in [0.25, 0.3) is 0 Å².